The van der Waals surface area contributed by atoms with Crippen molar-refractivity contribution < 1.29 is 24.0 Å². The SMILES string of the molecule is COC1CCC(C2NOC(CCC(=O)NCCNC(=O)CC3NNC(=O)C4CCCCC34)N2)CC1. The first kappa shape index (κ1) is 26.3. The third-order valence-electron chi connectivity index (χ3n) is 8.09. The summed E-state index contributed by atoms with van der Waals surface area (Å²) in [5.41, 5.74) is 8.84. The molecule has 198 valence electrons. The fourth-order valence-electron chi connectivity index (χ4n) is 6.01. The van der Waals surface area contributed by atoms with Crippen molar-refractivity contribution in [2.75, 3.05) is 20.2 Å². The van der Waals surface area contributed by atoms with Crippen LogP contribution in [-0.4, -0.2) is 62.5 Å². The maximum atomic E-state index is 12.4. The number of nitrogens with one attached hydrogen (secondary N) is 6. The van der Waals surface area contributed by atoms with Crippen molar-refractivity contribution in [2.45, 2.75) is 95.2 Å². The van der Waals surface area contributed by atoms with E-state index in [9.17, 15) is 14.4 Å². The summed E-state index contributed by atoms with van der Waals surface area (Å²) >= 11 is 0. The second-order valence-electron chi connectivity index (χ2n) is 10.4. The molecule has 4 rings (SSSR count). The van der Waals surface area contributed by atoms with Gasteiger partial charge in [0.25, 0.3) is 0 Å². The molecule has 3 amide bonds. The zero-order valence-corrected chi connectivity index (χ0v) is 20.8. The lowest BCUT2D eigenvalue weighted by molar-refractivity contribution is -0.135. The maximum Gasteiger partial charge on any atom is 0.237 e. The molecule has 2 aliphatic carbocycles. The van der Waals surface area contributed by atoms with E-state index >= 15 is 0 Å². The normalized spacial score (nSPS) is 35.1. The highest BCUT2D eigenvalue weighted by molar-refractivity contribution is 5.81. The van der Waals surface area contributed by atoms with Crippen LogP contribution in [0.2, 0.25) is 0 Å². The molecule has 11 heteroatoms. The van der Waals surface area contributed by atoms with Crippen LogP contribution in [0.3, 0.4) is 0 Å². The van der Waals surface area contributed by atoms with E-state index < -0.39 is 0 Å². The lowest BCUT2D eigenvalue weighted by Gasteiger charge is -2.40. The number of amides is 3. The quantitative estimate of drug-likeness (QED) is 0.236. The Morgan fingerprint density at radius 3 is 2.54 bits per heavy atom. The van der Waals surface area contributed by atoms with E-state index in [1.54, 1.807) is 7.11 Å². The van der Waals surface area contributed by atoms with Crippen LogP contribution in [0, 0.1) is 17.8 Å². The summed E-state index contributed by atoms with van der Waals surface area (Å²) in [6.45, 7) is 0.762. The number of ether oxygens (including phenoxy) is 1. The Hall–Kier alpha value is -1.79. The lowest BCUT2D eigenvalue weighted by atomic mass is 9.73. The monoisotopic (exact) mass is 494 g/mol. The Labute approximate surface area is 207 Å². The van der Waals surface area contributed by atoms with Gasteiger partial charge in [0, 0.05) is 45.0 Å². The molecule has 5 unspecified atom stereocenters. The largest absolute Gasteiger partial charge is 0.381 e. The highest BCUT2D eigenvalue weighted by Crippen LogP contribution is 2.35. The number of methoxy groups -OCH3 is 1. The van der Waals surface area contributed by atoms with Crippen molar-refractivity contribution in [1.82, 2.24) is 32.3 Å². The average Bonchev–Trinajstić information content (AvgIpc) is 3.36. The van der Waals surface area contributed by atoms with Crippen LogP contribution in [-0.2, 0) is 24.0 Å². The van der Waals surface area contributed by atoms with E-state index in [2.05, 4.69) is 32.3 Å². The first-order chi connectivity index (χ1) is 17.0. The molecule has 0 bridgehead atoms. The molecular weight excluding hydrogens is 452 g/mol. The molecule has 0 spiro atoms. The van der Waals surface area contributed by atoms with Crippen LogP contribution in [0.15, 0.2) is 0 Å². The molecular formula is C24H42N6O5. The third-order valence-corrected chi connectivity index (χ3v) is 8.09. The van der Waals surface area contributed by atoms with E-state index in [1.807, 2.05) is 0 Å². The molecule has 0 aromatic rings. The van der Waals surface area contributed by atoms with Crippen LogP contribution in [0.4, 0.5) is 0 Å². The highest BCUT2D eigenvalue weighted by Gasteiger charge is 2.40. The predicted molar refractivity (Wildman–Crippen MR) is 128 cm³/mol. The van der Waals surface area contributed by atoms with Gasteiger partial charge >= 0.3 is 0 Å². The third kappa shape index (κ3) is 7.36. The van der Waals surface area contributed by atoms with Gasteiger partial charge in [-0.2, -0.15) is 5.48 Å². The van der Waals surface area contributed by atoms with Gasteiger partial charge < -0.3 is 15.4 Å². The molecule has 0 aromatic heterocycles. The Kier molecular flexibility index (Phi) is 9.73. The Morgan fingerprint density at radius 2 is 1.77 bits per heavy atom. The minimum absolute atomic E-state index is 0.0107. The summed E-state index contributed by atoms with van der Waals surface area (Å²) in [4.78, 5) is 42.3. The molecule has 6 N–H and O–H groups in total. The Morgan fingerprint density at radius 1 is 1.03 bits per heavy atom. The van der Waals surface area contributed by atoms with Gasteiger partial charge in [-0.05, 0) is 56.8 Å². The van der Waals surface area contributed by atoms with Crippen LogP contribution in [0.25, 0.3) is 0 Å². The molecule has 4 aliphatic rings. The summed E-state index contributed by atoms with van der Waals surface area (Å²) in [5, 5.41) is 9.18. The molecule has 4 fully saturated rings. The van der Waals surface area contributed by atoms with Gasteiger partial charge in [-0.3, -0.25) is 30.0 Å². The van der Waals surface area contributed by atoms with Crippen molar-refractivity contribution in [3.05, 3.63) is 0 Å². The molecule has 11 nitrogen and oxygen atoms in total. The van der Waals surface area contributed by atoms with Crippen molar-refractivity contribution in [1.29, 1.82) is 0 Å². The zero-order valence-electron chi connectivity index (χ0n) is 20.8. The van der Waals surface area contributed by atoms with Crippen molar-refractivity contribution in [3.8, 4) is 0 Å². The minimum atomic E-state index is -0.183. The predicted octanol–water partition coefficient (Wildman–Crippen LogP) is 0.180. The summed E-state index contributed by atoms with van der Waals surface area (Å²) < 4.78 is 5.44. The molecule has 5 atom stereocenters. The first-order valence-corrected chi connectivity index (χ1v) is 13.3. The zero-order chi connectivity index (χ0) is 24.6. The number of hydroxylamine groups is 1. The molecule has 2 aliphatic heterocycles. The topological polar surface area (TPSA) is 142 Å². The van der Waals surface area contributed by atoms with E-state index in [0.717, 1.165) is 51.4 Å². The maximum absolute atomic E-state index is 12.4. The molecule has 2 saturated heterocycles. The van der Waals surface area contributed by atoms with Crippen molar-refractivity contribution in [3.63, 3.8) is 0 Å². The molecule has 0 aromatic carbocycles. The van der Waals surface area contributed by atoms with Crippen molar-refractivity contribution >= 4 is 17.7 Å². The number of fused-ring (bicyclic) bond motifs is 1. The van der Waals surface area contributed by atoms with E-state index in [0.29, 0.717) is 44.4 Å². The Balaban J connectivity index is 1.05. The van der Waals surface area contributed by atoms with Gasteiger partial charge in [0.1, 0.15) is 6.23 Å². The van der Waals surface area contributed by atoms with Gasteiger partial charge in [0.2, 0.25) is 17.7 Å². The van der Waals surface area contributed by atoms with Gasteiger partial charge in [-0.25, -0.2) is 5.43 Å². The van der Waals surface area contributed by atoms with E-state index in [-0.39, 0.29) is 48.0 Å². The second-order valence-corrected chi connectivity index (χ2v) is 10.4. The highest BCUT2D eigenvalue weighted by atomic mass is 16.7. The number of hydrogen-bond donors (Lipinski definition) is 6. The average molecular weight is 495 g/mol. The van der Waals surface area contributed by atoms with Crippen LogP contribution < -0.4 is 32.3 Å². The van der Waals surface area contributed by atoms with Crippen molar-refractivity contribution in [2.24, 2.45) is 17.8 Å². The fraction of sp³-hybridized carbons (Fsp3) is 0.875. The number of hydrogen-bond acceptors (Lipinski definition) is 8. The number of carbonyl (C=O) groups excluding carboxylic acids is 3. The fourth-order valence-corrected chi connectivity index (χ4v) is 6.01. The summed E-state index contributed by atoms with van der Waals surface area (Å²) in [7, 11) is 1.77. The second kappa shape index (κ2) is 13.0. The van der Waals surface area contributed by atoms with Gasteiger partial charge in [-0.15, -0.1) is 0 Å². The van der Waals surface area contributed by atoms with Gasteiger partial charge in [-0.1, -0.05) is 12.8 Å². The number of carbonyl (C=O) groups is 3. The molecule has 0 radical (unpaired) electrons. The molecule has 2 saturated carbocycles. The van der Waals surface area contributed by atoms with Gasteiger partial charge in [0.05, 0.1) is 12.3 Å². The first-order valence-electron chi connectivity index (χ1n) is 13.3. The van der Waals surface area contributed by atoms with Gasteiger partial charge in [0.15, 0.2) is 0 Å². The number of rotatable bonds is 10. The Bertz CT molecular complexity index is 731. The smallest absolute Gasteiger partial charge is 0.237 e. The lowest BCUT2D eigenvalue weighted by Crippen LogP contribution is -2.60. The summed E-state index contributed by atoms with van der Waals surface area (Å²) in [5.74, 6) is 0.647. The standard InChI is InChI=1S/C24H42N6O5/c1-34-16-8-6-15(7-9-16)23-27-22(35-30-23)11-10-20(31)25-12-13-26-21(32)14-19-17-4-2-3-5-18(17)24(33)29-28-19/h15-19,22-23,27-28,30H,2-14H2,1H3,(H,25,31)(H,26,32)(H,29,33). The van der Waals surface area contributed by atoms with E-state index in [1.165, 1.54) is 0 Å². The minimum Gasteiger partial charge on any atom is -0.381 e. The molecule has 2 heterocycles. The van der Waals surface area contributed by atoms with Crippen LogP contribution >= 0.6 is 0 Å². The number of hydrazine groups is 1. The van der Waals surface area contributed by atoms with Crippen LogP contribution in [0.5, 0.6) is 0 Å². The van der Waals surface area contributed by atoms with E-state index in [4.69, 9.17) is 9.57 Å². The summed E-state index contributed by atoms with van der Waals surface area (Å²) in [6.07, 6.45) is 9.94. The molecule has 35 heavy (non-hydrogen) atoms. The van der Waals surface area contributed by atoms with Crippen LogP contribution in [0.1, 0.15) is 70.6 Å². The summed E-state index contributed by atoms with van der Waals surface area (Å²) in [6, 6.07) is -0.0426.